The molecule has 0 fully saturated rings. The Kier molecular flexibility index (Phi) is 3.73. The van der Waals surface area contributed by atoms with E-state index < -0.39 is 5.91 Å². The van der Waals surface area contributed by atoms with E-state index in [1.165, 1.54) is 0 Å². The molecular formula is C13H13BrClN5O. The van der Waals surface area contributed by atoms with Crippen LogP contribution in [0.1, 0.15) is 33.6 Å². The number of amides is 1. The fraction of sp³-hybridized carbons (Fsp3) is 0.308. The summed E-state index contributed by atoms with van der Waals surface area (Å²) in [5.74, 6) is -0.273. The van der Waals surface area contributed by atoms with Gasteiger partial charge in [-0.3, -0.25) is 4.79 Å². The SMILES string of the molecule is Cn1c(C(N)=O)nc2c1CCNC2c1ccnc(Br)c1Cl. The Bertz CT molecular complexity index is 730. The average Bonchev–Trinajstić information content (AvgIpc) is 2.80. The molecule has 1 aliphatic heterocycles. The third-order valence-electron chi connectivity index (χ3n) is 3.64. The van der Waals surface area contributed by atoms with Crippen LogP contribution >= 0.6 is 27.5 Å². The second kappa shape index (κ2) is 5.40. The number of imidazole rings is 1. The Morgan fingerprint density at radius 1 is 1.62 bits per heavy atom. The molecule has 8 heteroatoms. The van der Waals surface area contributed by atoms with Crippen LogP contribution in [0.15, 0.2) is 16.9 Å². The molecule has 3 rings (SSSR count). The number of carbonyl (C=O) groups is 1. The van der Waals surface area contributed by atoms with Crippen LogP contribution in [0.5, 0.6) is 0 Å². The summed E-state index contributed by atoms with van der Waals surface area (Å²) in [5.41, 5.74) is 8.03. The van der Waals surface area contributed by atoms with Crippen molar-refractivity contribution < 1.29 is 4.79 Å². The summed E-state index contributed by atoms with van der Waals surface area (Å²) in [6, 6.07) is 1.67. The molecule has 0 spiro atoms. The summed E-state index contributed by atoms with van der Waals surface area (Å²) >= 11 is 9.65. The van der Waals surface area contributed by atoms with Gasteiger partial charge in [-0.1, -0.05) is 11.6 Å². The van der Waals surface area contributed by atoms with Gasteiger partial charge < -0.3 is 15.6 Å². The maximum Gasteiger partial charge on any atom is 0.284 e. The quantitative estimate of drug-likeness (QED) is 0.786. The molecule has 1 unspecified atom stereocenters. The van der Waals surface area contributed by atoms with Gasteiger partial charge in [0.05, 0.1) is 16.8 Å². The predicted octanol–water partition coefficient (Wildman–Crippen LogP) is 1.57. The Balaban J connectivity index is 2.15. The van der Waals surface area contributed by atoms with Crippen LogP contribution < -0.4 is 11.1 Å². The average molecular weight is 371 g/mol. The number of nitrogens with two attached hydrogens (primary N) is 1. The van der Waals surface area contributed by atoms with E-state index in [9.17, 15) is 4.79 Å². The lowest BCUT2D eigenvalue weighted by molar-refractivity contribution is 0.0987. The van der Waals surface area contributed by atoms with Crippen LogP contribution in [-0.4, -0.2) is 27.0 Å². The number of rotatable bonds is 2. The number of fused-ring (bicyclic) bond motifs is 1. The molecular weight excluding hydrogens is 358 g/mol. The number of hydrogen-bond donors (Lipinski definition) is 2. The first-order valence-corrected chi connectivity index (χ1v) is 7.56. The molecule has 0 saturated heterocycles. The zero-order valence-electron chi connectivity index (χ0n) is 11.2. The van der Waals surface area contributed by atoms with Crippen LogP contribution in [0.3, 0.4) is 0 Å². The maximum atomic E-state index is 11.5. The lowest BCUT2D eigenvalue weighted by atomic mass is 9.99. The second-order valence-electron chi connectivity index (χ2n) is 4.83. The largest absolute Gasteiger partial charge is 0.363 e. The smallest absolute Gasteiger partial charge is 0.284 e. The highest BCUT2D eigenvalue weighted by atomic mass is 79.9. The molecule has 2 aromatic heterocycles. The van der Waals surface area contributed by atoms with Gasteiger partial charge in [0.15, 0.2) is 5.82 Å². The van der Waals surface area contributed by atoms with Crippen LogP contribution in [-0.2, 0) is 13.5 Å². The lowest BCUT2D eigenvalue weighted by Crippen LogP contribution is -2.31. The molecule has 3 N–H and O–H groups in total. The second-order valence-corrected chi connectivity index (χ2v) is 5.96. The molecule has 0 aromatic carbocycles. The normalized spacial score (nSPS) is 17.6. The van der Waals surface area contributed by atoms with Gasteiger partial charge in [0, 0.05) is 31.9 Å². The van der Waals surface area contributed by atoms with Gasteiger partial charge >= 0.3 is 0 Å². The maximum absolute atomic E-state index is 11.5. The van der Waals surface area contributed by atoms with E-state index in [4.69, 9.17) is 17.3 Å². The first-order chi connectivity index (χ1) is 10.0. The van der Waals surface area contributed by atoms with Gasteiger partial charge in [-0.25, -0.2) is 9.97 Å². The number of nitrogens with zero attached hydrogens (tertiary/aromatic N) is 3. The van der Waals surface area contributed by atoms with Crippen molar-refractivity contribution in [1.82, 2.24) is 19.9 Å². The highest BCUT2D eigenvalue weighted by Gasteiger charge is 2.30. The van der Waals surface area contributed by atoms with Crippen LogP contribution in [0.2, 0.25) is 5.02 Å². The van der Waals surface area contributed by atoms with Gasteiger partial charge in [-0.2, -0.15) is 0 Å². The van der Waals surface area contributed by atoms with Crippen molar-refractivity contribution in [2.45, 2.75) is 12.5 Å². The highest BCUT2D eigenvalue weighted by Crippen LogP contribution is 2.34. The van der Waals surface area contributed by atoms with Gasteiger partial charge in [0.2, 0.25) is 0 Å². The standard InChI is InChI=1S/C13H13BrClN5O/c1-20-7-3-5-17-9(10(7)19-13(20)12(16)21)6-2-4-18-11(14)8(6)15/h2,4,9,17H,3,5H2,1H3,(H2,16,21). The Morgan fingerprint density at radius 3 is 3.10 bits per heavy atom. The van der Waals surface area contributed by atoms with Crippen LogP contribution in [0.25, 0.3) is 0 Å². The summed E-state index contributed by atoms with van der Waals surface area (Å²) < 4.78 is 2.34. The van der Waals surface area contributed by atoms with Crippen molar-refractivity contribution in [2.24, 2.45) is 12.8 Å². The van der Waals surface area contributed by atoms with Gasteiger partial charge in [-0.15, -0.1) is 0 Å². The van der Waals surface area contributed by atoms with E-state index in [2.05, 4.69) is 31.2 Å². The monoisotopic (exact) mass is 369 g/mol. The third-order valence-corrected chi connectivity index (χ3v) is 4.86. The molecule has 0 radical (unpaired) electrons. The van der Waals surface area contributed by atoms with Crippen molar-refractivity contribution >= 4 is 33.4 Å². The van der Waals surface area contributed by atoms with Gasteiger partial charge in [0.1, 0.15) is 4.60 Å². The minimum absolute atomic E-state index is 0.181. The van der Waals surface area contributed by atoms with E-state index in [-0.39, 0.29) is 11.9 Å². The molecule has 3 heterocycles. The Labute approximate surface area is 134 Å². The molecule has 0 bridgehead atoms. The summed E-state index contributed by atoms with van der Waals surface area (Å²) in [6.45, 7) is 0.770. The summed E-state index contributed by atoms with van der Waals surface area (Å²) in [6.07, 6.45) is 2.46. The molecule has 0 saturated carbocycles. The van der Waals surface area contributed by atoms with Crippen molar-refractivity contribution in [1.29, 1.82) is 0 Å². The molecule has 1 aliphatic rings. The van der Waals surface area contributed by atoms with Gasteiger partial charge in [-0.05, 0) is 27.6 Å². The van der Waals surface area contributed by atoms with E-state index >= 15 is 0 Å². The number of pyridine rings is 1. The number of halogens is 2. The first-order valence-electron chi connectivity index (χ1n) is 6.39. The number of aromatic nitrogens is 3. The van der Waals surface area contributed by atoms with E-state index in [0.717, 1.165) is 29.9 Å². The molecule has 1 atom stereocenters. The minimum Gasteiger partial charge on any atom is -0.363 e. The molecule has 2 aromatic rings. The predicted molar refractivity (Wildman–Crippen MR) is 82.2 cm³/mol. The number of primary amides is 1. The van der Waals surface area contributed by atoms with Crippen LogP contribution in [0, 0.1) is 0 Å². The van der Waals surface area contributed by atoms with E-state index in [0.29, 0.717) is 9.63 Å². The summed E-state index contributed by atoms with van der Waals surface area (Å²) in [5, 5.41) is 3.91. The highest BCUT2D eigenvalue weighted by molar-refractivity contribution is 9.10. The molecule has 6 nitrogen and oxygen atoms in total. The minimum atomic E-state index is -0.535. The Morgan fingerprint density at radius 2 is 2.38 bits per heavy atom. The van der Waals surface area contributed by atoms with Crippen LogP contribution in [0.4, 0.5) is 0 Å². The fourth-order valence-electron chi connectivity index (χ4n) is 2.64. The molecule has 0 aliphatic carbocycles. The molecule has 21 heavy (non-hydrogen) atoms. The van der Waals surface area contributed by atoms with Gasteiger partial charge in [0.25, 0.3) is 5.91 Å². The Hall–Kier alpha value is -1.44. The molecule has 1 amide bonds. The topological polar surface area (TPSA) is 85.8 Å². The summed E-state index contributed by atoms with van der Waals surface area (Å²) in [7, 11) is 1.80. The lowest BCUT2D eigenvalue weighted by Gasteiger charge is -2.25. The van der Waals surface area contributed by atoms with Crippen molar-refractivity contribution in [3.8, 4) is 0 Å². The first kappa shape index (κ1) is 14.5. The number of nitrogens with one attached hydrogen (secondary N) is 1. The fourth-order valence-corrected chi connectivity index (χ4v) is 3.21. The zero-order chi connectivity index (χ0) is 15.1. The van der Waals surface area contributed by atoms with Crippen molar-refractivity contribution in [3.05, 3.63) is 44.7 Å². The van der Waals surface area contributed by atoms with Crippen molar-refractivity contribution in [2.75, 3.05) is 6.54 Å². The zero-order valence-corrected chi connectivity index (χ0v) is 13.6. The van der Waals surface area contributed by atoms with E-state index in [1.807, 2.05) is 6.07 Å². The summed E-state index contributed by atoms with van der Waals surface area (Å²) in [4.78, 5) is 20.0. The van der Waals surface area contributed by atoms with Crippen molar-refractivity contribution in [3.63, 3.8) is 0 Å². The number of hydrogen-bond acceptors (Lipinski definition) is 4. The van der Waals surface area contributed by atoms with E-state index in [1.54, 1.807) is 17.8 Å². The number of carbonyl (C=O) groups excluding carboxylic acids is 1. The third kappa shape index (κ3) is 2.35. The molecule has 110 valence electrons.